The zero-order valence-electron chi connectivity index (χ0n) is 11.9. The highest BCUT2D eigenvalue weighted by atomic mass is 19.2. The summed E-state index contributed by atoms with van der Waals surface area (Å²) in [6.07, 6.45) is 2.33. The molecule has 0 atom stereocenters. The normalized spacial score (nSPS) is 21.2. The van der Waals surface area contributed by atoms with Gasteiger partial charge in [0.05, 0.1) is 5.92 Å². The quantitative estimate of drug-likeness (QED) is 0.799. The summed E-state index contributed by atoms with van der Waals surface area (Å²) in [5.41, 5.74) is 0.462. The summed E-state index contributed by atoms with van der Waals surface area (Å²) in [6, 6.07) is 2.99. The number of hydrogen-bond acceptors (Lipinski definition) is 2. The molecule has 1 aromatic carbocycles. The van der Waals surface area contributed by atoms with E-state index in [1.165, 1.54) is 6.07 Å². The van der Waals surface area contributed by atoms with Gasteiger partial charge in [-0.05, 0) is 43.4 Å². The molecule has 0 heterocycles. The molecule has 1 fully saturated rings. The maximum absolute atomic E-state index is 13.0. The SMILES string of the molecule is O=C(NCc1ccc(F)c(F)c1)NC1CCC(C(=O)O)CC1. The average Bonchev–Trinajstić information content (AvgIpc) is 2.49. The van der Waals surface area contributed by atoms with Crippen LogP contribution in [0.3, 0.4) is 0 Å². The van der Waals surface area contributed by atoms with E-state index < -0.39 is 23.6 Å². The number of hydrogen-bond donors (Lipinski definition) is 3. The van der Waals surface area contributed by atoms with Crippen LogP contribution in [0.2, 0.25) is 0 Å². The summed E-state index contributed by atoms with van der Waals surface area (Å²) in [6.45, 7) is 0.0908. The number of nitrogens with one attached hydrogen (secondary N) is 2. The van der Waals surface area contributed by atoms with Crippen molar-refractivity contribution in [2.45, 2.75) is 38.3 Å². The van der Waals surface area contributed by atoms with Crippen LogP contribution in [0.4, 0.5) is 13.6 Å². The number of aliphatic carboxylic acids is 1. The average molecular weight is 312 g/mol. The van der Waals surface area contributed by atoms with Crippen LogP contribution in [0.1, 0.15) is 31.2 Å². The predicted molar refractivity (Wildman–Crippen MR) is 75.1 cm³/mol. The molecular formula is C15H18F2N2O3. The third-order valence-electron chi connectivity index (χ3n) is 3.85. The molecule has 1 saturated carbocycles. The highest BCUT2D eigenvalue weighted by Crippen LogP contribution is 2.24. The number of carbonyl (C=O) groups is 2. The minimum atomic E-state index is -0.952. The molecule has 5 nitrogen and oxygen atoms in total. The van der Waals surface area contributed by atoms with E-state index in [9.17, 15) is 18.4 Å². The molecule has 0 spiro atoms. The summed E-state index contributed by atoms with van der Waals surface area (Å²) in [5, 5.41) is 14.2. The van der Waals surface area contributed by atoms with Crippen LogP contribution in [-0.2, 0) is 11.3 Å². The number of amides is 2. The van der Waals surface area contributed by atoms with Crippen LogP contribution in [0.25, 0.3) is 0 Å². The number of halogens is 2. The second kappa shape index (κ2) is 7.20. The standard InChI is InChI=1S/C15H18F2N2O3/c16-12-6-1-9(7-13(12)17)8-18-15(22)19-11-4-2-10(3-5-11)14(20)21/h1,6-7,10-11H,2-5,8H2,(H,20,21)(H2,18,19,22). The predicted octanol–water partition coefficient (Wildman–Crippen LogP) is 2.41. The van der Waals surface area contributed by atoms with E-state index in [2.05, 4.69) is 10.6 Å². The van der Waals surface area contributed by atoms with E-state index in [4.69, 9.17) is 5.11 Å². The minimum absolute atomic E-state index is 0.0550. The summed E-state index contributed by atoms with van der Waals surface area (Å²) < 4.78 is 25.8. The summed E-state index contributed by atoms with van der Waals surface area (Å²) in [5.74, 6) is -3.00. The molecule has 120 valence electrons. The maximum atomic E-state index is 13.0. The number of urea groups is 1. The number of carboxylic acid groups (broad SMARTS) is 1. The molecule has 3 N–H and O–H groups in total. The Kier molecular flexibility index (Phi) is 5.30. The van der Waals surface area contributed by atoms with Crippen molar-refractivity contribution in [2.24, 2.45) is 5.92 Å². The fourth-order valence-electron chi connectivity index (χ4n) is 2.55. The lowest BCUT2D eigenvalue weighted by Gasteiger charge is -2.26. The lowest BCUT2D eigenvalue weighted by atomic mass is 9.86. The molecule has 1 aromatic rings. The fraction of sp³-hybridized carbons (Fsp3) is 0.467. The first kappa shape index (κ1) is 16.2. The van der Waals surface area contributed by atoms with Crippen molar-refractivity contribution in [2.75, 3.05) is 0 Å². The number of benzene rings is 1. The Balaban J connectivity index is 1.74. The number of rotatable bonds is 4. The van der Waals surface area contributed by atoms with Crippen molar-refractivity contribution < 1.29 is 23.5 Å². The van der Waals surface area contributed by atoms with E-state index >= 15 is 0 Å². The van der Waals surface area contributed by atoms with Crippen LogP contribution < -0.4 is 10.6 Å². The van der Waals surface area contributed by atoms with Crippen molar-refractivity contribution in [3.05, 3.63) is 35.4 Å². The van der Waals surface area contributed by atoms with Crippen LogP contribution >= 0.6 is 0 Å². The highest BCUT2D eigenvalue weighted by Gasteiger charge is 2.26. The van der Waals surface area contributed by atoms with Gasteiger partial charge in [-0.25, -0.2) is 13.6 Å². The molecule has 2 rings (SSSR count). The van der Waals surface area contributed by atoms with E-state index in [-0.39, 0.29) is 18.5 Å². The third-order valence-corrected chi connectivity index (χ3v) is 3.85. The highest BCUT2D eigenvalue weighted by molar-refractivity contribution is 5.74. The Labute approximate surface area is 126 Å². The van der Waals surface area contributed by atoms with Gasteiger partial charge in [-0.15, -0.1) is 0 Å². The molecule has 1 aliphatic rings. The van der Waals surface area contributed by atoms with Crippen molar-refractivity contribution in [1.29, 1.82) is 0 Å². The Morgan fingerprint density at radius 2 is 1.82 bits per heavy atom. The summed E-state index contributed by atoms with van der Waals surface area (Å²) in [4.78, 5) is 22.6. The van der Waals surface area contributed by atoms with E-state index in [1.54, 1.807) is 0 Å². The largest absolute Gasteiger partial charge is 0.481 e. The molecular weight excluding hydrogens is 294 g/mol. The zero-order chi connectivity index (χ0) is 16.1. The number of carbonyl (C=O) groups excluding carboxylic acids is 1. The molecule has 0 bridgehead atoms. The van der Waals surface area contributed by atoms with Crippen LogP contribution in [0.5, 0.6) is 0 Å². The minimum Gasteiger partial charge on any atom is -0.481 e. The molecule has 7 heteroatoms. The smallest absolute Gasteiger partial charge is 0.315 e. The lowest BCUT2D eigenvalue weighted by molar-refractivity contribution is -0.142. The molecule has 22 heavy (non-hydrogen) atoms. The van der Waals surface area contributed by atoms with Crippen LogP contribution in [-0.4, -0.2) is 23.1 Å². The van der Waals surface area contributed by atoms with Crippen LogP contribution in [0, 0.1) is 17.6 Å². The molecule has 0 unspecified atom stereocenters. The van der Waals surface area contributed by atoms with Crippen molar-refractivity contribution in [3.63, 3.8) is 0 Å². The first-order chi connectivity index (χ1) is 10.5. The van der Waals surface area contributed by atoms with Gasteiger partial charge in [0, 0.05) is 12.6 Å². The fourth-order valence-corrected chi connectivity index (χ4v) is 2.55. The van der Waals surface area contributed by atoms with E-state index in [0.29, 0.717) is 31.2 Å². The maximum Gasteiger partial charge on any atom is 0.315 e. The van der Waals surface area contributed by atoms with Gasteiger partial charge in [-0.1, -0.05) is 6.07 Å². The van der Waals surface area contributed by atoms with Gasteiger partial charge in [-0.3, -0.25) is 4.79 Å². The Bertz CT molecular complexity index is 558. The zero-order valence-corrected chi connectivity index (χ0v) is 11.9. The van der Waals surface area contributed by atoms with Gasteiger partial charge in [-0.2, -0.15) is 0 Å². The van der Waals surface area contributed by atoms with E-state index in [0.717, 1.165) is 12.1 Å². The Hall–Kier alpha value is -2.18. The monoisotopic (exact) mass is 312 g/mol. The molecule has 0 aliphatic heterocycles. The van der Waals surface area contributed by atoms with Crippen molar-refractivity contribution in [3.8, 4) is 0 Å². The van der Waals surface area contributed by atoms with Crippen molar-refractivity contribution >= 4 is 12.0 Å². The summed E-state index contributed by atoms with van der Waals surface area (Å²) in [7, 11) is 0. The molecule has 0 radical (unpaired) electrons. The molecule has 2 amide bonds. The first-order valence-electron chi connectivity index (χ1n) is 7.17. The third kappa shape index (κ3) is 4.41. The van der Waals surface area contributed by atoms with Gasteiger partial charge in [0.2, 0.25) is 0 Å². The van der Waals surface area contributed by atoms with Crippen molar-refractivity contribution in [1.82, 2.24) is 10.6 Å². The second-order valence-corrected chi connectivity index (χ2v) is 5.46. The second-order valence-electron chi connectivity index (χ2n) is 5.46. The lowest BCUT2D eigenvalue weighted by Crippen LogP contribution is -2.43. The van der Waals surface area contributed by atoms with Gasteiger partial charge in [0.25, 0.3) is 0 Å². The number of carboxylic acids is 1. The van der Waals surface area contributed by atoms with Gasteiger partial charge >= 0.3 is 12.0 Å². The van der Waals surface area contributed by atoms with E-state index in [1.807, 2.05) is 0 Å². The molecule has 1 aliphatic carbocycles. The molecule has 0 saturated heterocycles. The molecule has 0 aromatic heterocycles. The van der Waals surface area contributed by atoms with Gasteiger partial charge < -0.3 is 15.7 Å². The Morgan fingerprint density at radius 1 is 1.14 bits per heavy atom. The first-order valence-corrected chi connectivity index (χ1v) is 7.17. The Morgan fingerprint density at radius 3 is 2.41 bits per heavy atom. The van der Waals surface area contributed by atoms with Gasteiger partial charge in [0.15, 0.2) is 11.6 Å². The topological polar surface area (TPSA) is 78.4 Å². The van der Waals surface area contributed by atoms with Gasteiger partial charge in [0.1, 0.15) is 0 Å². The van der Waals surface area contributed by atoms with Crippen LogP contribution in [0.15, 0.2) is 18.2 Å². The summed E-state index contributed by atoms with van der Waals surface area (Å²) >= 11 is 0.